The summed E-state index contributed by atoms with van der Waals surface area (Å²) in [5.74, 6) is 0.857. The first-order chi connectivity index (χ1) is 8.19. The summed E-state index contributed by atoms with van der Waals surface area (Å²) in [4.78, 5) is 1.07. The van der Waals surface area contributed by atoms with Crippen molar-refractivity contribution in [3.63, 3.8) is 0 Å². The first-order valence-corrected chi connectivity index (χ1v) is 5.95. The van der Waals surface area contributed by atoms with Crippen LogP contribution < -0.4 is 4.74 Å². The van der Waals surface area contributed by atoms with Crippen LogP contribution in [0.2, 0.25) is 0 Å². The number of aromatic hydroxyl groups is 1. The Morgan fingerprint density at radius 3 is 2.71 bits per heavy atom. The summed E-state index contributed by atoms with van der Waals surface area (Å²) in [5, 5.41) is 9.76. The molecule has 0 saturated heterocycles. The molecule has 0 radical (unpaired) electrons. The van der Waals surface area contributed by atoms with Crippen LogP contribution in [0.15, 0.2) is 24.3 Å². The Kier molecular flexibility index (Phi) is 3.44. The standard InChI is InChI=1S/C13H13NO2S/c1-9-7-12(17-14-9)6-4-10-3-5-11(16-2)8-13(10)15/h3-8,15H,1-2H3/b6-4+. The van der Waals surface area contributed by atoms with Crippen LogP contribution in [0.25, 0.3) is 12.2 Å². The van der Waals surface area contributed by atoms with Crippen LogP contribution in [0, 0.1) is 6.92 Å². The van der Waals surface area contributed by atoms with Gasteiger partial charge in [0.25, 0.3) is 0 Å². The number of hydrogen-bond acceptors (Lipinski definition) is 4. The maximum absolute atomic E-state index is 9.76. The molecule has 1 N–H and O–H groups in total. The average Bonchev–Trinajstić information content (AvgIpc) is 2.73. The molecule has 0 atom stereocenters. The van der Waals surface area contributed by atoms with Crippen molar-refractivity contribution in [2.75, 3.05) is 7.11 Å². The number of ether oxygens (including phenoxy) is 1. The molecule has 3 nitrogen and oxygen atoms in total. The zero-order valence-corrected chi connectivity index (χ0v) is 10.5. The van der Waals surface area contributed by atoms with Gasteiger partial charge in [-0.05, 0) is 48.8 Å². The van der Waals surface area contributed by atoms with Crippen molar-refractivity contribution in [1.82, 2.24) is 4.37 Å². The van der Waals surface area contributed by atoms with Gasteiger partial charge in [0.2, 0.25) is 0 Å². The molecule has 4 heteroatoms. The van der Waals surface area contributed by atoms with E-state index >= 15 is 0 Å². The number of nitrogens with zero attached hydrogens (tertiary/aromatic N) is 1. The third-order valence-electron chi connectivity index (χ3n) is 2.31. The van der Waals surface area contributed by atoms with E-state index in [1.807, 2.05) is 37.3 Å². The SMILES string of the molecule is COc1ccc(/C=C/c2cc(C)ns2)c(O)c1. The zero-order valence-electron chi connectivity index (χ0n) is 9.68. The second kappa shape index (κ2) is 5.01. The number of rotatable bonds is 3. The lowest BCUT2D eigenvalue weighted by molar-refractivity contribution is 0.407. The first kappa shape index (κ1) is 11.7. The third-order valence-corrected chi connectivity index (χ3v) is 3.15. The van der Waals surface area contributed by atoms with Gasteiger partial charge in [-0.1, -0.05) is 0 Å². The van der Waals surface area contributed by atoms with E-state index in [-0.39, 0.29) is 5.75 Å². The van der Waals surface area contributed by atoms with Crippen molar-refractivity contribution in [3.8, 4) is 11.5 Å². The highest BCUT2D eigenvalue weighted by molar-refractivity contribution is 7.06. The highest BCUT2D eigenvalue weighted by Gasteiger charge is 2.00. The van der Waals surface area contributed by atoms with Gasteiger partial charge < -0.3 is 9.84 Å². The molecule has 88 valence electrons. The topological polar surface area (TPSA) is 42.4 Å². The summed E-state index contributed by atoms with van der Waals surface area (Å²) in [7, 11) is 1.57. The lowest BCUT2D eigenvalue weighted by Crippen LogP contribution is -1.82. The minimum Gasteiger partial charge on any atom is -0.507 e. The van der Waals surface area contributed by atoms with Crippen molar-refractivity contribution in [2.24, 2.45) is 0 Å². The fourth-order valence-corrected chi connectivity index (χ4v) is 2.08. The number of benzene rings is 1. The van der Waals surface area contributed by atoms with Gasteiger partial charge >= 0.3 is 0 Å². The molecule has 0 aliphatic rings. The second-order valence-electron chi connectivity index (χ2n) is 3.63. The normalized spacial score (nSPS) is 10.9. The fraction of sp³-hybridized carbons (Fsp3) is 0.154. The molecule has 0 aliphatic carbocycles. The molecule has 2 aromatic rings. The Bertz CT molecular complexity index is 546. The summed E-state index contributed by atoms with van der Waals surface area (Å²) >= 11 is 1.44. The highest BCUT2D eigenvalue weighted by atomic mass is 32.1. The monoisotopic (exact) mass is 247 g/mol. The Morgan fingerprint density at radius 2 is 2.12 bits per heavy atom. The summed E-state index contributed by atoms with van der Waals surface area (Å²) < 4.78 is 9.21. The molecular weight excluding hydrogens is 234 g/mol. The molecule has 1 heterocycles. The summed E-state index contributed by atoms with van der Waals surface area (Å²) in [6, 6.07) is 7.23. The molecular formula is C13H13NO2S. The number of aryl methyl sites for hydroxylation is 1. The van der Waals surface area contributed by atoms with E-state index in [0.29, 0.717) is 5.75 Å². The van der Waals surface area contributed by atoms with Crippen molar-refractivity contribution >= 4 is 23.7 Å². The van der Waals surface area contributed by atoms with E-state index in [0.717, 1.165) is 16.1 Å². The predicted molar refractivity (Wildman–Crippen MR) is 70.4 cm³/mol. The average molecular weight is 247 g/mol. The van der Waals surface area contributed by atoms with E-state index in [1.54, 1.807) is 13.2 Å². The van der Waals surface area contributed by atoms with Gasteiger partial charge in [-0.15, -0.1) is 0 Å². The van der Waals surface area contributed by atoms with Gasteiger partial charge in [0.15, 0.2) is 0 Å². The third kappa shape index (κ3) is 2.85. The Labute approximate surface area is 104 Å². The number of aromatic nitrogens is 1. The first-order valence-electron chi connectivity index (χ1n) is 5.17. The van der Waals surface area contributed by atoms with Crippen LogP contribution in [0.3, 0.4) is 0 Å². The molecule has 0 bridgehead atoms. The van der Waals surface area contributed by atoms with E-state index in [2.05, 4.69) is 4.37 Å². The maximum Gasteiger partial charge on any atom is 0.126 e. The Morgan fingerprint density at radius 1 is 1.29 bits per heavy atom. The molecule has 0 fully saturated rings. The van der Waals surface area contributed by atoms with Gasteiger partial charge in [0, 0.05) is 16.5 Å². The smallest absolute Gasteiger partial charge is 0.126 e. The minimum absolute atomic E-state index is 0.210. The minimum atomic E-state index is 0.210. The Hall–Kier alpha value is -1.81. The van der Waals surface area contributed by atoms with Crippen molar-refractivity contribution < 1.29 is 9.84 Å². The number of methoxy groups -OCH3 is 1. The van der Waals surface area contributed by atoms with Crippen LogP contribution in [0.4, 0.5) is 0 Å². The van der Waals surface area contributed by atoms with Crippen LogP contribution in [-0.2, 0) is 0 Å². The molecule has 0 spiro atoms. The predicted octanol–water partition coefficient (Wildman–Crippen LogP) is 3.34. The number of hydrogen-bond donors (Lipinski definition) is 1. The van der Waals surface area contributed by atoms with Crippen molar-refractivity contribution in [3.05, 3.63) is 40.4 Å². The maximum atomic E-state index is 9.76. The van der Waals surface area contributed by atoms with Gasteiger partial charge in [-0.2, -0.15) is 4.37 Å². The van der Waals surface area contributed by atoms with Gasteiger partial charge in [-0.25, -0.2) is 0 Å². The molecule has 0 aliphatic heterocycles. The van der Waals surface area contributed by atoms with Crippen LogP contribution in [-0.4, -0.2) is 16.6 Å². The van der Waals surface area contributed by atoms with E-state index in [1.165, 1.54) is 11.5 Å². The zero-order chi connectivity index (χ0) is 12.3. The van der Waals surface area contributed by atoms with Gasteiger partial charge in [0.1, 0.15) is 11.5 Å². The number of phenolic OH excluding ortho intramolecular Hbond substituents is 1. The molecule has 0 unspecified atom stereocenters. The van der Waals surface area contributed by atoms with E-state index in [9.17, 15) is 5.11 Å². The second-order valence-corrected chi connectivity index (χ2v) is 4.47. The lowest BCUT2D eigenvalue weighted by atomic mass is 10.1. The fourth-order valence-electron chi connectivity index (χ4n) is 1.43. The molecule has 1 aromatic heterocycles. The largest absolute Gasteiger partial charge is 0.507 e. The molecule has 0 saturated carbocycles. The van der Waals surface area contributed by atoms with Gasteiger partial charge in [-0.3, -0.25) is 0 Å². The van der Waals surface area contributed by atoms with Crippen molar-refractivity contribution in [1.29, 1.82) is 0 Å². The van der Waals surface area contributed by atoms with Crippen LogP contribution >= 0.6 is 11.5 Å². The summed E-state index contributed by atoms with van der Waals surface area (Å²) in [6.07, 6.45) is 3.80. The molecule has 2 rings (SSSR count). The van der Waals surface area contributed by atoms with E-state index in [4.69, 9.17) is 4.74 Å². The van der Waals surface area contributed by atoms with Crippen LogP contribution in [0.1, 0.15) is 16.1 Å². The van der Waals surface area contributed by atoms with Crippen LogP contribution in [0.5, 0.6) is 11.5 Å². The molecule has 0 amide bonds. The van der Waals surface area contributed by atoms with Gasteiger partial charge in [0.05, 0.1) is 12.8 Å². The summed E-state index contributed by atoms with van der Waals surface area (Å²) in [6.45, 7) is 1.96. The number of phenols is 1. The van der Waals surface area contributed by atoms with Crippen molar-refractivity contribution in [2.45, 2.75) is 6.92 Å². The highest BCUT2D eigenvalue weighted by Crippen LogP contribution is 2.25. The quantitative estimate of drug-likeness (QED) is 0.904. The molecule has 1 aromatic carbocycles. The Balaban J connectivity index is 2.21. The summed E-state index contributed by atoms with van der Waals surface area (Å²) in [5.41, 5.74) is 1.77. The molecule has 17 heavy (non-hydrogen) atoms. The lowest BCUT2D eigenvalue weighted by Gasteiger charge is -2.02. The van der Waals surface area contributed by atoms with E-state index < -0.39 is 0 Å².